The lowest BCUT2D eigenvalue weighted by molar-refractivity contribution is -0.143. The van der Waals surface area contributed by atoms with Gasteiger partial charge >= 0.3 is 5.97 Å². The molecule has 0 aliphatic rings. The molecule has 1 aromatic rings. The van der Waals surface area contributed by atoms with E-state index in [4.69, 9.17) is 16.3 Å². The van der Waals surface area contributed by atoms with Crippen LogP contribution in [0.4, 0.5) is 0 Å². The summed E-state index contributed by atoms with van der Waals surface area (Å²) in [6, 6.07) is 7.22. The fourth-order valence-corrected chi connectivity index (χ4v) is 2.12. The molecule has 2 N–H and O–H groups in total. The van der Waals surface area contributed by atoms with Crippen LogP contribution >= 0.6 is 11.6 Å². The van der Waals surface area contributed by atoms with Gasteiger partial charge in [-0.3, -0.25) is 9.59 Å². The highest BCUT2D eigenvalue weighted by molar-refractivity contribution is 6.31. The van der Waals surface area contributed by atoms with E-state index in [1.54, 1.807) is 13.0 Å². The number of rotatable bonds is 8. The van der Waals surface area contributed by atoms with Crippen LogP contribution in [0.1, 0.15) is 31.9 Å². The van der Waals surface area contributed by atoms with E-state index < -0.39 is 0 Å². The molecule has 1 unspecified atom stereocenters. The first-order chi connectivity index (χ1) is 10.0. The molecule has 0 saturated heterocycles. The molecule has 0 saturated carbocycles. The Morgan fingerprint density at radius 3 is 2.71 bits per heavy atom. The molecule has 5 nitrogen and oxygen atoms in total. The Morgan fingerprint density at radius 1 is 1.33 bits per heavy atom. The van der Waals surface area contributed by atoms with Crippen molar-refractivity contribution in [1.82, 2.24) is 10.6 Å². The van der Waals surface area contributed by atoms with E-state index >= 15 is 0 Å². The predicted molar refractivity (Wildman–Crippen MR) is 82.1 cm³/mol. The van der Waals surface area contributed by atoms with E-state index in [1.807, 2.05) is 25.1 Å². The number of esters is 1. The molecule has 0 fully saturated rings. The molecular formula is C15H21ClN2O3. The average Bonchev–Trinajstić information content (AvgIpc) is 2.44. The fourth-order valence-electron chi connectivity index (χ4n) is 1.82. The van der Waals surface area contributed by atoms with Crippen LogP contribution in [-0.2, 0) is 14.3 Å². The van der Waals surface area contributed by atoms with Gasteiger partial charge in [0.05, 0.1) is 25.6 Å². The predicted octanol–water partition coefficient (Wildman–Crippen LogP) is 2.06. The molecule has 116 valence electrons. The Morgan fingerprint density at radius 2 is 2.05 bits per heavy atom. The van der Waals surface area contributed by atoms with Gasteiger partial charge in [0.2, 0.25) is 5.91 Å². The van der Waals surface area contributed by atoms with E-state index in [1.165, 1.54) is 0 Å². The number of carbonyl (C=O) groups excluding carboxylic acids is 2. The van der Waals surface area contributed by atoms with Crippen LogP contribution in [0.15, 0.2) is 24.3 Å². The van der Waals surface area contributed by atoms with Crippen LogP contribution in [0.2, 0.25) is 5.02 Å². The van der Waals surface area contributed by atoms with Crippen LogP contribution in [0, 0.1) is 0 Å². The van der Waals surface area contributed by atoms with Gasteiger partial charge in [0.1, 0.15) is 0 Å². The molecular weight excluding hydrogens is 292 g/mol. The van der Waals surface area contributed by atoms with Gasteiger partial charge < -0.3 is 15.4 Å². The Hall–Kier alpha value is -1.59. The lowest BCUT2D eigenvalue weighted by atomic mass is 10.1. The Balaban J connectivity index is 2.28. The van der Waals surface area contributed by atoms with Crippen molar-refractivity contribution in [3.63, 3.8) is 0 Å². The number of halogens is 1. The number of nitrogens with one attached hydrogen (secondary N) is 2. The zero-order chi connectivity index (χ0) is 15.7. The van der Waals surface area contributed by atoms with Crippen molar-refractivity contribution in [3.8, 4) is 0 Å². The first-order valence-electron chi connectivity index (χ1n) is 6.94. The summed E-state index contributed by atoms with van der Waals surface area (Å²) in [7, 11) is 0. The first kappa shape index (κ1) is 17.5. The molecule has 1 aromatic carbocycles. The van der Waals surface area contributed by atoms with Gasteiger partial charge in [-0.2, -0.15) is 0 Å². The highest BCUT2D eigenvalue weighted by Gasteiger charge is 2.11. The quantitative estimate of drug-likeness (QED) is 0.569. The van der Waals surface area contributed by atoms with E-state index in [-0.39, 0.29) is 30.9 Å². The third kappa shape index (κ3) is 6.60. The fraction of sp³-hybridized carbons (Fsp3) is 0.467. The number of hydrogen-bond donors (Lipinski definition) is 2. The van der Waals surface area contributed by atoms with Crippen LogP contribution < -0.4 is 10.6 Å². The van der Waals surface area contributed by atoms with Gasteiger partial charge in [0, 0.05) is 11.6 Å². The number of benzene rings is 1. The Labute approximate surface area is 130 Å². The molecule has 0 radical (unpaired) electrons. The minimum atomic E-state index is -0.269. The molecule has 1 rings (SSSR count). The maximum Gasteiger partial charge on any atom is 0.307 e. The maximum absolute atomic E-state index is 11.8. The summed E-state index contributed by atoms with van der Waals surface area (Å²) in [6.07, 6.45) is 0.251. The summed E-state index contributed by atoms with van der Waals surface area (Å²) in [4.78, 5) is 22.9. The lowest BCUT2D eigenvalue weighted by Crippen LogP contribution is -2.36. The zero-order valence-electron chi connectivity index (χ0n) is 12.3. The van der Waals surface area contributed by atoms with Gasteiger partial charge in [-0.1, -0.05) is 29.8 Å². The summed E-state index contributed by atoms with van der Waals surface area (Å²) in [5.41, 5.74) is 0.874. The molecule has 0 aliphatic heterocycles. The second kappa shape index (κ2) is 9.37. The van der Waals surface area contributed by atoms with Crippen molar-refractivity contribution in [1.29, 1.82) is 0 Å². The summed E-state index contributed by atoms with van der Waals surface area (Å²) in [5.74, 6) is -0.416. The van der Waals surface area contributed by atoms with Gasteiger partial charge in [0.15, 0.2) is 0 Å². The number of ether oxygens (including phenoxy) is 1. The van der Waals surface area contributed by atoms with Gasteiger partial charge in [-0.15, -0.1) is 0 Å². The van der Waals surface area contributed by atoms with Gasteiger partial charge in [-0.05, 0) is 25.5 Å². The van der Waals surface area contributed by atoms with Crippen molar-refractivity contribution in [3.05, 3.63) is 34.9 Å². The second-order valence-corrected chi connectivity index (χ2v) is 4.95. The highest BCUT2D eigenvalue weighted by atomic mass is 35.5. The molecule has 0 aliphatic carbocycles. The number of carbonyl (C=O) groups is 2. The molecule has 0 heterocycles. The molecule has 21 heavy (non-hydrogen) atoms. The average molecular weight is 313 g/mol. The first-order valence-corrected chi connectivity index (χ1v) is 7.32. The van der Waals surface area contributed by atoms with Crippen LogP contribution in [-0.4, -0.2) is 31.6 Å². The molecule has 1 amide bonds. The smallest absolute Gasteiger partial charge is 0.307 e. The van der Waals surface area contributed by atoms with Gasteiger partial charge in [0.25, 0.3) is 0 Å². The standard InChI is InChI=1S/C15H21ClN2O3/c1-3-21-15(20)8-9-17-10-14(19)18-11(2)12-6-4-5-7-13(12)16/h4-7,11,17H,3,8-10H2,1-2H3,(H,18,19). The normalized spacial score (nSPS) is 11.8. The molecule has 6 heteroatoms. The maximum atomic E-state index is 11.8. The Bertz CT molecular complexity index is 480. The third-order valence-corrected chi connectivity index (χ3v) is 3.19. The van der Waals surface area contributed by atoms with Crippen molar-refractivity contribution >= 4 is 23.5 Å². The van der Waals surface area contributed by atoms with Crippen LogP contribution in [0.3, 0.4) is 0 Å². The number of amides is 1. The Kier molecular flexibility index (Phi) is 7.79. The van der Waals surface area contributed by atoms with Crippen LogP contribution in [0.5, 0.6) is 0 Å². The molecule has 1 atom stereocenters. The van der Waals surface area contributed by atoms with Gasteiger partial charge in [-0.25, -0.2) is 0 Å². The zero-order valence-corrected chi connectivity index (χ0v) is 13.1. The van der Waals surface area contributed by atoms with E-state index in [9.17, 15) is 9.59 Å². The van der Waals surface area contributed by atoms with Crippen molar-refractivity contribution in [2.24, 2.45) is 0 Å². The topological polar surface area (TPSA) is 67.4 Å². The SMILES string of the molecule is CCOC(=O)CCNCC(=O)NC(C)c1ccccc1Cl. The van der Waals surface area contributed by atoms with Crippen molar-refractivity contribution < 1.29 is 14.3 Å². The number of hydrogen-bond acceptors (Lipinski definition) is 4. The summed E-state index contributed by atoms with van der Waals surface area (Å²) >= 11 is 6.08. The summed E-state index contributed by atoms with van der Waals surface area (Å²) in [5, 5.41) is 6.37. The third-order valence-electron chi connectivity index (χ3n) is 2.85. The minimum Gasteiger partial charge on any atom is -0.466 e. The second-order valence-electron chi connectivity index (χ2n) is 4.54. The van der Waals surface area contributed by atoms with Crippen molar-refractivity contribution in [2.45, 2.75) is 26.3 Å². The highest BCUT2D eigenvalue weighted by Crippen LogP contribution is 2.21. The summed E-state index contributed by atoms with van der Waals surface area (Å²) < 4.78 is 4.79. The molecule has 0 spiro atoms. The van der Waals surface area contributed by atoms with Crippen molar-refractivity contribution in [2.75, 3.05) is 19.7 Å². The van der Waals surface area contributed by atoms with Crippen LogP contribution in [0.25, 0.3) is 0 Å². The van der Waals surface area contributed by atoms with E-state index in [0.29, 0.717) is 18.2 Å². The molecule has 0 bridgehead atoms. The van der Waals surface area contributed by atoms with E-state index in [2.05, 4.69) is 10.6 Å². The monoisotopic (exact) mass is 312 g/mol. The lowest BCUT2D eigenvalue weighted by Gasteiger charge is -2.15. The van der Waals surface area contributed by atoms with E-state index in [0.717, 1.165) is 5.56 Å². The largest absolute Gasteiger partial charge is 0.466 e. The summed E-state index contributed by atoms with van der Waals surface area (Å²) in [6.45, 7) is 4.56. The minimum absolute atomic E-state index is 0.147. The molecule has 0 aromatic heterocycles.